The van der Waals surface area contributed by atoms with Crippen molar-refractivity contribution in [2.24, 2.45) is 16.7 Å². The van der Waals surface area contributed by atoms with Gasteiger partial charge in [0.1, 0.15) is 0 Å². The summed E-state index contributed by atoms with van der Waals surface area (Å²) >= 11 is 0. The Morgan fingerprint density at radius 3 is 2.16 bits per heavy atom. The molecule has 9 nitrogen and oxygen atoms in total. The zero-order chi connectivity index (χ0) is 32.5. The molecule has 0 aromatic carbocycles. The third-order valence-corrected chi connectivity index (χ3v) is 16.7. The minimum Gasteiger partial charge on any atom is -0.450 e. The van der Waals surface area contributed by atoms with Gasteiger partial charge in [-0.3, -0.25) is 9.59 Å². The Kier molecular flexibility index (Phi) is 8.90. The normalized spacial score (nSPS) is 37.5. The quantitative estimate of drug-likeness (QED) is 0.192. The second-order valence-corrected chi connectivity index (χ2v) is 23.9. The highest BCUT2D eigenvalue weighted by Crippen LogP contribution is 2.64. The Hall–Kier alpha value is -1.80. The highest BCUT2D eigenvalue weighted by atomic mass is 28.4. The van der Waals surface area contributed by atoms with E-state index < -0.39 is 81.6 Å². The van der Waals surface area contributed by atoms with Crippen molar-refractivity contribution in [1.29, 1.82) is 0 Å². The van der Waals surface area contributed by atoms with Crippen LogP contribution in [0.25, 0.3) is 0 Å². The zero-order valence-corrected chi connectivity index (χ0v) is 29.9. The number of carbonyl (C=O) groups is 3. The molecule has 0 aromatic heterocycles. The van der Waals surface area contributed by atoms with Crippen molar-refractivity contribution in [3.05, 3.63) is 23.3 Å². The van der Waals surface area contributed by atoms with E-state index in [0.717, 1.165) is 23.7 Å². The van der Waals surface area contributed by atoms with Gasteiger partial charge in [0.25, 0.3) is 0 Å². The Balaban J connectivity index is 2.08. The van der Waals surface area contributed by atoms with Gasteiger partial charge < -0.3 is 28.2 Å². The SMILES string of the molecule is C=C1[C@@H](O)C[C@H](O[Si](CC)(CC)CC)[C@@]2(C)C(=O)[C@H](OC(C)=O)C3=C(C)[C@@H](O[Si](C)(C)C)C[C@]4(OC(=O)O[C@H]4[C@H]12)C3(C)C. The summed E-state index contributed by atoms with van der Waals surface area (Å²) < 4.78 is 32.1. The van der Waals surface area contributed by atoms with Crippen molar-refractivity contribution in [3.8, 4) is 0 Å². The maximum absolute atomic E-state index is 15.3. The van der Waals surface area contributed by atoms with Gasteiger partial charge in [0.15, 0.2) is 40.2 Å². The summed E-state index contributed by atoms with van der Waals surface area (Å²) in [5.41, 5.74) is -1.89. The lowest BCUT2D eigenvalue weighted by molar-refractivity contribution is -0.184. The first kappa shape index (κ1) is 34.1. The van der Waals surface area contributed by atoms with Crippen LogP contribution in [0.5, 0.6) is 0 Å². The molecule has 8 atom stereocenters. The number of ketones is 1. The smallest absolute Gasteiger partial charge is 0.450 e. The van der Waals surface area contributed by atoms with Gasteiger partial charge in [0.2, 0.25) is 0 Å². The van der Waals surface area contributed by atoms with Crippen LogP contribution in [0.15, 0.2) is 23.3 Å². The molecule has 1 saturated heterocycles. The van der Waals surface area contributed by atoms with E-state index in [4.69, 9.17) is 23.1 Å². The first-order valence-electron chi connectivity index (χ1n) is 15.8. The number of rotatable bonds is 8. The van der Waals surface area contributed by atoms with E-state index in [-0.39, 0.29) is 18.6 Å². The van der Waals surface area contributed by atoms with Gasteiger partial charge in [-0.15, -0.1) is 0 Å². The highest BCUT2D eigenvalue weighted by Gasteiger charge is 2.75. The molecule has 2 saturated carbocycles. The van der Waals surface area contributed by atoms with Crippen molar-refractivity contribution >= 4 is 34.5 Å². The lowest BCUT2D eigenvalue weighted by atomic mass is 9.47. The summed E-state index contributed by atoms with van der Waals surface area (Å²) in [6.45, 7) is 25.7. The standard InChI is InChI=1S/C32H52O9Si2/c1-13-43(14-2,15-3)41-23-16-21(34)18(4)25-28-32(39-29(36)38-28)17-22(40-42(10,11)12)19(5)24(30(32,7)8)26(37-20(6)33)27(35)31(23,25)9/h21-23,25-26,28,34H,4,13-17H2,1-3,5-12H3/t21-,22-,23-,25-,26+,28-,31+,32+/m0/s1. The summed E-state index contributed by atoms with van der Waals surface area (Å²) in [6.07, 6.45) is -4.85. The monoisotopic (exact) mass is 636 g/mol. The number of aliphatic hydroxyl groups excluding tert-OH is 1. The maximum atomic E-state index is 15.3. The molecule has 2 bridgehead atoms. The largest absolute Gasteiger partial charge is 0.509 e. The van der Waals surface area contributed by atoms with Gasteiger partial charge in [-0.25, -0.2) is 4.79 Å². The molecular weight excluding hydrogens is 585 g/mol. The number of hydrogen-bond acceptors (Lipinski definition) is 9. The van der Waals surface area contributed by atoms with Crippen LogP contribution < -0.4 is 0 Å². The van der Waals surface area contributed by atoms with E-state index in [1.54, 1.807) is 0 Å². The van der Waals surface area contributed by atoms with Crippen molar-refractivity contribution < 1.29 is 42.6 Å². The first-order valence-corrected chi connectivity index (χ1v) is 21.7. The Morgan fingerprint density at radius 1 is 1.07 bits per heavy atom. The van der Waals surface area contributed by atoms with Crippen molar-refractivity contribution in [2.75, 3.05) is 0 Å². The van der Waals surface area contributed by atoms with Gasteiger partial charge >= 0.3 is 12.1 Å². The number of esters is 1. The average molecular weight is 637 g/mol. The first-order chi connectivity index (χ1) is 19.7. The average Bonchev–Trinajstić information content (AvgIpc) is 3.23. The van der Waals surface area contributed by atoms with Crippen LogP contribution >= 0.6 is 0 Å². The van der Waals surface area contributed by atoms with Gasteiger partial charge in [-0.1, -0.05) is 41.2 Å². The van der Waals surface area contributed by atoms with E-state index in [2.05, 4.69) is 47.0 Å². The number of carbonyl (C=O) groups excluding carboxylic acids is 3. The third-order valence-electron chi connectivity index (χ3n) is 11.1. The second-order valence-electron chi connectivity index (χ2n) is 14.7. The van der Waals surface area contributed by atoms with Crippen LogP contribution in [0.2, 0.25) is 37.8 Å². The zero-order valence-electron chi connectivity index (χ0n) is 27.9. The predicted octanol–water partition coefficient (Wildman–Crippen LogP) is 6.08. The van der Waals surface area contributed by atoms with Crippen LogP contribution in [0, 0.1) is 16.7 Å². The third kappa shape index (κ3) is 5.20. The number of fused-ring (bicyclic) bond motifs is 3. The van der Waals surface area contributed by atoms with E-state index in [1.807, 2.05) is 27.7 Å². The Labute approximate surface area is 259 Å². The summed E-state index contributed by atoms with van der Waals surface area (Å²) in [7, 11) is -4.47. The van der Waals surface area contributed by atoms with Crippen LogP contribution in [0.1, 0.15) is 68.2 Å². The fraction of sp³-hybridized carbons (Fsp3) is 0.781. The maximum Gasteiger partial charge on any atom is 0.509 e. The summed E-state index contributed by atoms with van der Waals surface area (Å²) in [5, 5.41) is 11.5. The molecule has 43 heavy (non-hydrogen) atoms. The number of Topliss-reactive ketones (excluding diaryl/α,β-unsaturated/α-hetero) is 1. The van der Waals surface area contributed by atoms with E-state index in [9.17, 15) is 14.7 Å². The molecule has 1 spiro atoms. The molecule has 3 fully saturated rings. The van der Waals surface area contributed by atoms with Crippen LogP contribution in [-0.4, -0.2) is 75.8 Å². The predicted molar refractivity (Wildman–Crippen MR) is 167 cm³/mol. The van der Waals surface area contributed by atoms with Gasteiger partial charge in [0.05, 0.1) is 23.7 Å². The van der Waals surface area contributed by atoms with Crippen molar-refractivity contribution in [3.63, 3.8) is 0 Å². The van der Waals surface area contributed by atoms with E-state index in [1.165, 1.54) is 6.92 Å². The van der Waals surface area contributed by atoms with E-state index in [0.29, 0.717) is 11.1 Å². The van der Waals surface area contributed by atoms with Crippen molar-refractivity contribution in [2.45, 2.75) is 142 Å². The molecule has 1 aliphatic heterocycles. The fourth-order valence-electron chi connectivity index (χ4n) is 8.45. The lowest BCUT2D eigenvalue weighted by Gasteiger charge is -2.61. The molecule has 11 heteroatoms. The van der Waals surface area contributed by atoms with Gasteiger partial charge in [-0.2, -0.15) is 0 Å². The molecule has 3 aliphatic carbocycles. The lowest BCUT2D eigenvalue weighted by Crippen LogP contribution is -2.71. The summed E-state index contributed by atoms with van der Waals surface area (Å²) in [5.74, 6) is -1.80. The Morgan fingerprint density at radius 2 is 1.65 bits per heavy atom. The second kappa shape index (κ2) is 11.2. The molecule has 242 valence electrons. The molecule has 4 aliphatic rings. The number of aliphatic hydroxyl groups is 1. The Bertz CT molecular complexity index is 1210. The minimum absolute atomic E-state index is 0.163. The van der Waals surface area contributed by atoms with Crippen LogP contribution in [0.4, 0.5) is 4.79 Å². The van der Waals surface area contributed by atoms with E-state index >= 15 is 4.79 Å². The summed E-state index contributed by atoms with van der Waals surface area (Å²) in [6, 6.07) is 2.52. The fourth-order valence-corrected chi connectivity index (χ4v) is 12.5. The van der Waals surface area contributed by atoms with Crippen LogP contribution in [-0.2, 0) is 32.7 Å². The molecule has 1 N–H and O–H groups in total. The molecular formula is C32H52O9Si2. The van der Waals surface area contributed by atoms with Gasteiger partial charge in [-0.05, 0) is 68.3 Å². The minimum atomic E-state index is -2.32. The van der Waals surface area contributed by atoms with Crippen molar-refractivity contribution in [1.82, 2.24) is 0 Å². The molecule has 0 amide bonds. The topological polar surface area (TPSA) is 118 Å². The molecule has 0 unspecified atom stereocenters. The molecule has 0 radical (unpaired) electrons. The molecule has 4 rings (SSSR count). The highest BCUT2D eigenvalue weighted by molar-refractivity contribution is 6.73. The summed E-state index contributed by atoms with van der Waals surface area (Å²) in [4.78, 5) is 41.3. The number of hydrogen-bond donors (Lipinski definition) is 1. The molecule has 0 aromatic rings. The van der Waals surface area contributed by atoms with Crippen LogP contribution in [0.3, 0.4) is 0 Å². The van der Waals surface area contributed by atoms with Gasteiger partial charge in [0, 0.05) is 31.1 Å². The number of ether oxygens (including phenoxy) is 3. The molecule has 1 heterocycles.